The molecule has 0 aliphatic rings. The van der Waals surface area contributed by atoms with Crippen LogP contribution in [0.25, 0.3) is 0 Å². The van der Waals surface area contributed by atoms with Gasteiger partial charge in [0.15, 0.2) is 0 Å². The van der Waals surface area contributed by atoms with Gasteiger partial charge in [-0.15, -0.1) is 11.3 Å². The SMILES string of the molecule is Cc1ncc(CN(C)C(=O)/C=C/C(=O)O)s1. The Hall–Kier alpha value is -1.69. The molecule has 0 saturated heterocycles. The smallest absolute Gasteiger partial charge is 0.328 e. The van der Waals surface area contributed by atoms with E-state index in [-0.39, 0.29) is 5.91 Å². The van der Waals surface area contributed by atoms with Crippen LogP contribution in [0.15, 0.2) is 18.3 Å². The lowest BCUT2D eigenvalue weighted by atomic mass is 10.4. The van der Waals surface area contributed by atoms with Crippen molar-refractivity contribution in [2.75, 3.05) is 7.05 Å². The van der Waals surface area contributed by atoms with Gasteiger partial charge < -0.3 is 10.0 Å². The summed E-state index contributed by atoms with van der Waals surface area (Å²) in [5.41, 5.74) is 0. The van der Waals surface area contributed by atoms with Gasteiger partial charge in [0.25, 0.3) is 0 Å². The second-order valence-corrected chi connectivity index (χ2v) is 4.53. The first-order valence-electron chi connectivity index (χ1n) is 4.56. The van der Waals surface area contributed by atoms with Gasteiger partial charge in [0.05, 0.1) is 11.6 Å². The fourth-order valence-electron chi connectivity index (χ4n) is 1.06. The maximum Gasteiger partial charge on any atom is 0.328 e. The molecule has 0 radical (unpaired) electrons. The molecule has 1 N–H and O–H groups in total. The maximum atomic E-state index is 11.4. The predicted octanol–water partition coefficient (Wildman–Crippen LogP) is 1.05. The van der Waals surface area contributed by atoms with Crippen molar-refractivity contribution < 1.29 is 14.7 Å². The molecular formula is C10H12N2O3S. The van der Waals surface area contributed by atoms with Crippen molar-refractivity contribution in [2.45, 2.75) is 13.5 Å². The summed E-state index contributed by atoms with van der Waals surface area (Å²) >= 11 is 1.51. The van der Waals surface area contributed by atoms with Gasteiger partial charge in [-0.3, -0.25) is 4.79 Å². The Kier molecular flexibility index (Phi) is 4.19. The van der Waals surface area contributed by atoms with Crippen LogP contribution in [0.1, 0.15) is 9.88 Å². The standard InChI is InChI=1S/C10H12N2O3S/c1-7-11-5-8(16-7)6-12(2)9(13)3-4-10(14)15/h3-5H,6H2,1-2H3,(H,14,15)/b4-3+. The minimum absolute atomic E-state index is 0.339. The number of carbonyl (C=O) groups is 2. The summed E-state index contributed by atoms with van der Waals surface area (Å²) in [6.45, 7) is 2.33. The minimum atomic E-state index is -1.13. The lowest BCUT2D eigenvalue weighted by molar-refractivity contribution is -0.132. The molecule has 1 aromatic rings. The number of aliphatic carboxylic acids is 1. The van der Waals surface area contributed by atoms with Crippen LogP contribution in [-0.4, -0.2) is 33.9 Å². The highest BCUT2D eigenvalue weighted by Gasteiger charge is 2.07. The van der Waals surface area contributed by atoms with Crippen molar-refractivity contribution in [3.63, 3.8) is 0 Å². The largest absolute Gasteiger partial charge is 0.478 e. The lowest BCUT2D eigenvalue weighted by Crippen LogP contribution is -2.23. The number of aromatic nitrogens is 1. The second-order valence-electron chi connectivity index (χ2n) is 3.21. The molecule has 0 bridgehead atoms. The van der Waals surface area contributed by atoms with Crippen molar-refractivity contribution in [3.05, 3.63) is 28.2 Å². The highest BCUT2D eigenvalue weighted by Crippen LogP contribution is 2.13. The molecule has 0 atom stereocenters. The molecule has 0 saturated carbocycles. The molecule has 5 nitrogen and oxygen atoms in total. The van der Waals surface area contributed by atoms with Crippen LogP contribution in [0.5, 0.6) is 0 Å². The number of hydrogen-bond acceptors (Lipinski definition) is 4. The Bertz CT molecular complexity index is 425. The minimum Gasteiger partial charge on any atom is -0.478 e. The second kappa shape index (κ2) is 5.41. The van der Waals surface area contributed by atoms with E-state index in [1.54, 1.807) is 13.2 Å². The van der Waals surface area contributed by atoms with Crippen LogP contribution in [0.3, 0.4) is 0 Å². The van der Waals surface area contributed by atoms with Crippen LogP contribution >= 0.6 is 11.3 Å². The normalized spacial score (nSPS) is 10.6. The highest BCUT2D eigenvalue weighted by molar-refractivity contribution is 7.11. The van der Waals surface area contributed by atoms with E-state index in [1.165, 1.54) is 16.2 Å². The number of carbonyl (C=O) groups excluding carboxylic acids is 1. The Morgan fingerprint density at radius 3 is 2.75 bits per heavy atom. The zero-order valence-corrected chi connectivity index (χ0v) is 9.82. The number of rotatable bonds is 4. The third-order valence-electron chi connectivity index (χ3n) is 1.81. The number of nitrogens with zero attached hydrogens (tertiary/aromatic N) is 2. The quantitative estimate of drug-likeness (QED) is 0.799. The van der Waals surface area contributed by atoms with E-state index in [0.29, 0.717) is 6.54 Å². The zero-order valence-electron chi connectivity index (χ0n) is 9.01. The van der Waals surface area contributed by atoms with Crippen LogP contribution in [0.4, 0.5) is 0 Å². The number of hydrogen-bond donors (Lipinski definition) is 1. The van der Waals surface area contributed by atoms with E-state index in [1.807, 2.05) is 6.92 Å². The van der Waals surface area contributed by atoms with Gasteiger partial charge in [-0.25, -0.2) is 9.78 Å². The van der Waals surface area contributed by atoms with E-state index in [4.69, 9.17) is 5.11 Å². The zero-order chi connectivity index (χ0) is 12.1. The van der Waals surface area contributed by atoms with Crippen molar-refractivity contribution in [1.82, 2.24) is 9.88 Å². The summed E-state index contributed by atoms with van der Waals surface area (Å²) in [4.78, 5) is 28.1. The molecule has 0 aliphatic heterocycles. The average molecular weight is 240 g/mol. The molecule has 16 heavy (non-hydrogen) atoms. The molecule has 0 aliphatic carbocycles. The van der Waals surface area contributed by atoms with E-state index in [9.17, 15) is 9.59 Å². The number of carboxylic acid groups (broad SMARTS) is 1. The Morgan fingerprint density at radius 2 is 2.25 bits per heavy atom. The van der Waals surface area contributed by atoms with Crippen LogP contribution < -0.4 is 0 Å². The molecule has 1 aromatic heterocycles. The molecule has 1 heterocycles. The van der Waals surface area contributed by atoms with Crippen molar-refractivity contribution in [1.29, 1.82) is 0 Å². The molecule has 0 unspecified atom stereocenters. The molecule has 1 rings (SSSR count). The van der Waals surface area contributed by atoms with Crippen LogP contribution in [-0.2, 0) is 16.1 Å². The number of thiazole rings is 1. The van der Waals surface area contributed by atoms with Gasteiger partial charge >= 0.3 is 5.97 Å². The fraction of sp³-hybridized carbons (Fsp3) is 0.300. The van der Waals surface area contributed by atoms with Gasteiger partial charge in [0, 0.05) is 30.3 Å². The third kappa shape index (κ3) is 3.82. The van der Waals surface area contributed by atoms with Gasteiger partial charge in [0.2, 0.25) is 5.91 Å². The summed E-state index contributed by atoms with van der Waals surface area (Å²) in [5.74, 6) is -1.47. The highest BCUT2D eigenvalue weighted by atomic mass is 32.1. The summed E-state index contributed by atoms with van der Waals surface area (Å²) in [6, 6.07) is 0. The first-order chi connectivity index (χ1) is 7.49. The Labute approximate surface area is 97.0 Å². The van der Waals surface area contributed by atoms with Gasteiger partial charge in [-0.05, 0) is 6.92 Å². The Balaban J connectivity index is 2.55. The van der Waals surface area contributed by atoms with E-state index in [2.05, 4.69) is 4.98 Å². The number of aryl methyl sites for hydroxylation is 1. The van der Waals surface area contributed by atoms with E-state index >= 15 is 0 Å². The topological polar surface area (TPSA) is 70.5 Å². The first kappa shape index (κ1) is 12.4. The first-order valence-corrected chi connectivity index (χ1v) is 5.38. The van der Waals surface area contributed by atoms with Gasteiger partial charge in [0.1, 0.15) is 0 Å². The third-order valence-corrected chi connectivity index (χ3v) is 2.70. The average Bonchev–Trinajstić information content (AvgIpc) is 2.60. The molecule has 0 aromatic carbocycles. The van der Waals surface area contributed by atoms with Gasteiger partial charge in [-0.2, -0.15) is 0 Å². The number of likely N-dealkylation sites (N-methyl/N-ethyl adjacent to an activating group) is 1. The summed E-state index contributed by atoms with van der Waals surface area (Å²) in [5, 5.41) is 9.31. The van der Waals surface area contributed by atoms with Crippen LogP contribution in [0, 0.1) is 6.92 Å². The molecule has 0 fully saturated rings. The van der Waals surface area contributed by atoms with Crippen molar-refractivity contribution in [2.24, 2.45) is 0 Å². The van der Waals surface area contributed by atoms with E-state index < -0.39 is 5.97 Å². The van der Waals surface area contributed by atoms with Gasteiger partial charge in [-0.1, -0.05) is 0 Å². The number of amides is 1. The van der Waals surface area contributed by atoms with Crippen molar-refractivity contribution in [3.8, 4) is 0 Å². The molecule has 0 spiro atoms. The summed E-state index contributed by atoms with van der Waals surface area (Å²) in [6.07, 6.45) is 3.58. The lowest BCUT2D eigenvalue weighted by Gasteiger charge is -2.12. The number of carboxylic acids is 1. The molecule has 6 heteroatoms. The molecular weight excluding hydrogens is 228 g/mol. The molecule has 1 amide bonds. The fourth-order valence-corrected chi connectivity index (χ4v) is 1.91. The molecule has 86 valence electrons. The van der Waals surface area contributed by atoms with E-state index in [0.717, 1.165) is 22.0 Å². The van der Waals surface area contributed by atoms with Crippen molar-refractivity contribution >= 4 is 23.2 Å². The predicted molar refractivity (Wildman–Crippen MR) is 60.1 cm³/mol. The van der Waals surface area contributed by atoms with Crippen LogP contribution in [0.2, 0.25) is 0 Å². The monoisotopic (exact) mass is 240 g/mol. The maximum absolute atomic E-state index is 11.4. The summed E-state index contributed by atoms with van der Waals surface area (Å²) in [7, 11) is 1.61. The summed E-state index contributed by atoms with van der Waals surface area (Å²) < 4.78 is 0. The Morgan fingerprint density at radius 1 is 1.56 bits per heavy atom.